The molecule has 2 rings (SSSR count). The van der Waals surface area contributed by atoms with E-state index in [0.29, 0.717) is 17.3 Å². The van der Waals surface area contributed by atoms with Gasteiger partial charge in [0.05, 0.1) is 17.8 Å². The van der Waals surface area contributed by atoms with E-state index < -0.39 is 0 Å². The molecule has 0 aliphatic heterocycles. The number of anilines is 1. The lowest BCUT2D eigenvalue weighted by Gasteiger charge is -2.13. The Kier molecular flexibility index (Phi) is 4.27. The summed E-state index contributed by atoms with van der Waals surface area (Å²) in [5.74, 6) is 0.407. The fraction of sp³-hybridized carbons (Fsp3) is 0.200. The van der Waals surface area contributed by atoms with Gasteiger partial charge in [-0.25, -0.2) is 4.39 Å². The maximum Gasteiger partial charge on any atom is 0.147 e. The molecule has 2 nitrogen and oxygen atoms in total. The number of methoxy groups -OCH3 is 1. The second kappa shape index (κ2) is 5.93. The van der Waals surface area contributed by atoms with Crippen LogP contribution in [0.4, 0.5) is 10.1 Å². The first kappa shape index (κ1) is 13.7. The second-order valence-electron chi connectivity index (χ2n) is 4.27. The van der Waals surface area contributed by atoms with E-state index in [1.165, 1.54) is 6.07 Å². The lowest BCUT2D eigenvalue weighted by molar-refractivity contribution is 0.410. The molecule has 2 aromatic carbocycles. The van der Waals surface area contributed by atoms with Crippen molar-refractivity contribution in [3.05, 3.63) is 58.4 Å². The fourth-order valence-electron chi connectivity index (χ4n) is 1.90. The lowest BCUT2D eigenvalue weighted by atomic mass is 10.1. The van der Waals surface area contributed by atoms with E-state index in [-0.39, 0.29) is 5.82 Å². The lowest BCUT2D eigenvalue weighted by Crippen LogP contribution is -2.04. The Labute approximate surface area is 117 Å². The van der Waals surface area contributed by atoms with Gasteiger partial charge in [0.15, 0.2) is 0 Å². The number of ether oxygens (including phenoxy) is 1. The van der Waals surface area contributed by atoms with Gasteiger partial charge in [-0.1, -0.05) is 35.4 Å². The van der Waals surface area contributed by atoms with Crippen LogP contribution >= 0.6 is 11.6 Å². The number of halogens is 2. The molecule has 0 fully saturated rings. The summed E-state index contributed by atoms with van der Waals surface area (Å²) >= 11 is 5.97. The SMILES string of the molecule is COc1ccc(C)cc1CNc1c(F)cccc1Cl. The highest BCUT2D eigenvalue weighted by Gasteiger charge is 2.08. The van der Waals surface area contributed by atoms with E-state index in [2.05, 4.69) is 5.32 Å². The molecule has 0 aliphatic rings. The molecule has 0 atom stereocenters. The second-order valence-corrected chi connectivity index (χ2v) is 4.67. The van der Waals surface area contributed by atoms with Crippen LogP contribution in [0, 0.1) is 12.7 Å². The van der Waals surface area contributed by atoms with Gasteiger partial charge in [-0.2, -0.15) is 0 Å². The van der Waals surface area contributed by atoms with Gasteiger partial charge < -0.3 is 10.1 Å². The van der Waals surface area contributed by atoms with E-state index >= 15 is 0 Å². The summed E-state index contributed by atoms with van der Waals surface area (Å²) in [7, 11) is 1.62. The average Bonchev–Trinajstić information content (AvgIpc) is 2.38. The van der Waals surface area contributed by atoms with E-state index in [1.54, 1.807) is 19.2 Å². The molecule has 100 valence electrons. The summed E-state index contributed by atoms with van der Waals surface area (Å²) in [6.07, 6.45) is 0. The van der Waals surface area contributed by atoms with Crippen LogP contribution in [0.3, 0.4) is 0 Å². The zero-order valence-electron chi connectivity index (χ0n) is 10.8. The Bertz CT molecular complexity index is 566. The summed E-state index contributed by atoms with van der Waals surface area (Å²) in [5, 5.41) is 3.38. The van der Waals surface area contributed by atoms with Crippen LogP contribution in [-0.2, 0) is 6.54 Å². The molecule has 0 bridgehead atoms. The highest BCUT2D eigenvalue weighted by molar-refractivity contribution is 6.33. The van der Waals surface area contributed by atoms with Crippen molar-refractivity contribution >= 4 is 17.3 Å². The minimum Gasteiger partial charge on any atom is -0.496 e. The van der Waals surface area contributed by atoms with Gasteiger partial charge in [-0.3, -0.25) is 0 Å². The summed E-state index contributed by atoms with van der Waals surface area (Å²) in [5.41, 5.74) is 2.40. The quantitative estimate of drug-likeness (QED) is 0.895. The molecule has 0 unspecified atom stereocenters. The number of benzene rings is 2. The Morgan fingerprint density at radius 1 is 1.26 bits per heavy atom. The van der Waals surface area contributed by atoms with Crippen molar-refractivity contribution < 1.29 is 9.13 Å². The standard InChI is InChI=1S/C15H15ClFNO/c1-10-6-7-14(19-2)11(8-10)9-18-15-12(16)4-3-5-13(15)17/h3-8,18H,9H2,1-2H3. The summed E-state index contributed by atoms with van der Waals surface area (Å²) < 4.78 is 18.9. The van der Waals surface area contributed by atoms with Crippen LogP contribution in [0.5, 0.6) is 5.75 Å². The van der Waals surface area contributed by atoms with Crippen LogP contribution in [-0.4, -0.2) is 7.11 Å². The largest absolute Gasteiger partial charge is 0.496 e. The summed E-state index contributed by atoms with van der Waals surface area (Å²) in [4.78, 5) is 0. The van der Waals surface area contributed by atoms with Crippen molar-refractivity contribution in [1.82, 2.24) is 0 Å². The molecule has 2 aromatic rings. The number of para-hydroxylation sites is 1. The van der Waals surface area contributed by atoms with E-state index in [1.807, 2.05) is 25.1 Å². The Hall–Kier alpha value is -1.74. The van der Waals surface area contributed by atoms with Gasteiger partial charge >= 0.3 is 0 Å². The van der Waals surface area contributed by atoms with Crippen LogP contribution < -0.4 is 10.1 Å². The molecule has 0 heterocycles. The Morgan fingerprint density at radius 3 is 2.74 bits per heavy atom. The molecular weight excluding hydrogens is 265 g/mol. The van der Waals surface area contributed by atoms with Gasteiger partial charge in [0.1, 0.15) is 11.6 Å². The third kappa shape index (κ3) is 3.18. The molecular formula is C15H15ClFNO. The van der Waals surface area contributed by atoms with E-state index in [0.717, 1.165) is 16.9 Å². The predicted molar refractivity (Wildman–Crippen MR) is 76.5 cm³/mol. The summed E-state index contributed by atoms with van der Waals surface area (Å²) in [6, 6.07) is 10.5. The highest BCUT2D eigenvalue weighted by Crippen LogP contribution is 2.27. The van der Waals surface area contributed by atoms with Crippen LogP contribution in [0.15, 0.2) is 36.4 Å². The van der Waals surface area contributed by atoms with Crippen molar-refractivity contribution in [3.8, 4) is 5.75 Å². The van der Waals surface area contributed by atoms with Gasteiger partial charge in [0, 0.05) is 12.1 Å². The van der Waals surface area contributed by atoms with Crippen molar-refractivity contribution in [2.45, 2.75) is 13.5 Å². The number of nitrogens with one attached hydrogen (secondary N) is 1. The predicted octanol–water partition coefficient (Wildman–Crippen LogP) is 4.41. The topological polar surface area (TPSA) is 21.3 Å². The summed E-state index contributed by atoms with van der Waals surface area (Å²) in [6.45, 7) is 2.45. The van der Waals surface area contributed by atoms with E-state index in [4.69, 9.17) is 16.3 Å². The first-order valence-electron chi connectivity index (χ1n) is 5.93. The number of hydrogen-bond acceptors (Lipinski definition) is 2. The fourth-order valence-corrected chi connectivity index (χ4v) is 2.13. The first-order valence-corrected chi connectivity index (χ1v) is 6.31. The molecule has 0 amide bonds. The van der Waals surface area contributed by atoms with Gasteiger partial charge in [-0.05, 0) is 25.1 Å². The zero-order valence-corrected chi connectivity index (χ0v) is 11.6. The molecule has 0 spiro atoms. The average molecular weight is 280 g/mol. The molecule has 0 aromatic heterocycles. The van der Waals surface area contributed by atoms with Crippen molar-refractivity contribution in [2.75, 3.05) is 12.4 Å². The third-order valence-electron chi connectivity index (χ3n) is 2.85. The van der Waals surface area contributed by atoms with E-state index in [9.17, 15) is 4.39 Å². The minimum absolute atomic E-state index is 0.313. The number of aryl methyl sites for hydroxylation is 1. The third-order valence-corrected chi connectivity index (χ3v) is 3.17. The highest BCUT2D eigenvalue weighted by atomic mass is 35.5. The maximum absolute atomic E-state index is 13.6. The number of rotatable bonds is 4. The molecule has 0 radical (unpaired) electrons. The molecule has 4 heteroatoms. The normalized spacial score (nSPS) is 10.3. The van der Waals surface area contributed by atoms with Gasteiger partial charge in [-0.15, -0.1) is 0 Å². The first-order chi connectivity index (χ1) is 9.11. The van der Waals surface area contributed by atoms with Crippen LogP contribution in [0.2, 0.25) is 5.02 Å². The Balaban J connectivity index is 2.21. The van der Waals surface area contributed by atoms with Crippen LogP contribution in [0.1, 0.15) is 11.1 Å². The zero-order chi connectivity index (χ0) is 13.8. The molecule has 19 heavy (non-hydrogen) atoms. The number of hydrogen-bond donors (Lipinski definition) is 1. The van der Waals surface area contributed by atoms with Crippen LogP contribution in [0.25, 0.3) is 0 Å². The molecule has 0 saturated carbocycles. The van der Waals surface area contributed by atoms with Gasteiger partial charge in [0.2, 0.25) is 0 Å². The molecule has 1 N–H and O–H groups in total. The van der Waals surface area contributed by atoms with Crippen molar-refractivity contribution in [2.24, 2.45) is 0 Å². The Morgan fingerprint density at radius 2 is 2.05 bits per heavy atom. The smallest absolute Gasteiger partial charge is 0.147 e. The monoisotopic (exact) mass is 279 g/mol. The molecule has 0 aliphatic carbocycles. The van der Waals surface area contributed by atoms with Crippen molar-refractivity contribution in [3.63, 3.8) is 0 Å². The van der Waals surface area contributed by atoms with Gasteiger partial charge in [0.25, 0.3) is 0 Å². The minimum atomic E-state index is -0.362. The maximum atomic E-state index is 13.6. The molecule has 0 saturated heterocycles. The van der Waals surface area contributed by atoms with Crippen molar-refractivity contribution in [1.29, 1.82) is 0 Å².